The van der Waals surface area contributed by atoms with Gasteiger partial charge < -0.3 is 4.57 Å². The fourth-order valence-corrected chi connectivity index (χ4v) is 1.48. The summed E-state index contributed by atoms with van der Waals surface area (Å²) in [6.45, 7) is 1.86. The number of rotatable bonds is 0. The van der Waals surface area contributed by atoms with Crippen LogP contribution in [-0.2, 0) is 7.05 Å². The summed E-state index contributed by atoms with van der Waals surface area (Å²) in [6, 6.07) is 0. The lowest BCUT2D eigenvalue weighted by Gasteiger charge is -1.94. The Hall–Kier alpha value is -1.09. The molecule has 0 N–H and O–H groups in total. The van der Waals surface area contributed by atoms with Crippen LogP contribution in [-0.4, -0.2) is 14.5 Å². The first kappa shape index (κ1) is 7.55. The monoisotopic (exact) mass is 181 g/mol. The average Bonchev–Trinajstić information content (AvgIpc) is 2.28. The minimum Gasteiger partial charge on any atom is -0.334 e. The van der Waals surface area contributed by atoms with Gasteiger partial charge in [-0.15, -0.1) is 0 Å². The summed E-state index contributed by atoms with van der Waals surface area (Å²) in [5.74, 6) is 0.764. The number of nitrogens with zero attached hydrogens (tertiary/aromatic N) is 3. The number of halogens is 1. The number of hydrogen-bond donors (Lipinski definition) is 0. The Morgan fingerprint density at radius 2 is 2.25 bits per heavy atom. The largest absolute Gasteiger partial charge is 0.334 e. The van der Waals surface area contributed by atoms with E-state index in [-0.39, 0.29) is 0 Å². The summed E-state index contributed by atoms with van der Waals surface area (Å²) in [4.78, 5) is 8.34. The van der Waals surface area contributed by atoms with Gasteiger partial charge in [0.15, 0.2) is 0 Å². The quantitative estimate of drug-likeness (QED) is 0.622. The molecule has 12 heavy (non-hydrogen) atoms. The van der Waals surface area contributed by atoms with Gasteiger partial charge in [-0.2, -0.15) is 0 Å². The second kappa shape index (κ2) is 2.45. The van der Waals surface area contributed by atoms with Crippen molar-refractivity contribution in [3.63, 3.8) is 0 Å². The third-order valence-corrected chi connectivity index (χ3v) is 2.09. The van der Waals surface area contributed by atoms with E-state index in [4.69, 9.17) is 11.6 Å². The fourth-order valence-electron chi connectivity index (χ4n) is 1.20. The van der Waals surface area contributed by atoms with Gasteiger partial charge in [-0.1, -0.05) is 11.6 Å². The van der Waals surface area contributed by atoms with Gasteiger partial charge in [-0.3, -0.25) is 0 Å². The van der Waals surface area contributed by atoms with Crippen LogP contribution in [0.25, 0.3) is 11.0 Å². The van der Waals surface area contributed by atoms with Crippen LogP contribution in [0.1, 0.15) is 5.82 Å². The first-order chi connectivity index (χ1) is 5.68. The van der Waals surface area contributed by atoms with E-state index in [0.717, 1.165) is 16.9 Å². The number of hydrogen-bond acceptors (Lipinski definition) is 2. The Labute approximate surface area is 75.0 Å². The first-order valence-corrected chi connectivity index (χ1v) is 4.00. The van der Waals surface area contributed by atoms with E-state index >= 15 is 0 Å². The molecule has 0 aliphatic rings. The molecular weight excluding hydrogens is 174 g/mol. The molecule has 0 aliphatic heterocycles. The van der Waals surface area contributed by atoms with Gasteiger partial charge >= 0.3 is 0 Å². The summed E-state index contributed by atoms with van der Waals surface area (Å²) in [7, 11) is 1.92. The third-order valence-electron chi connectivity index (χ3n) is 1.79. The van der Waals surface area contributed by atoms with Crippen LogP contribution >= 0.6 is 11.6 Å². The number of aryl methyl sites for hydroxylation is 2. The van der Waals surface area contributed by atoms with Gasteiger partial charge in [0.1, 0.15) is 11.5 Å². The molecule has 0 aliphatic carbocycles. The smallest absolute Gasteiger partial charge is 0.144 e. The molecule has 0 atom stereocenters. The van der Waals surface area contributed by atoms with Crippen molar-refractivity contribution in [2.24, 2.45) is 7.05 Å². The molecule has 2 aromatic heterocycles. The van der Waals surface area contributed by atoms with E-state index in [1.165, 1.54) is 0 Å². The summed E-state index contributed by atoms with van der Waals surface area (Å²) in [6.07, 6.45) is 3.58. The van der Waals surface area contributed by atoms with E-state index in [9.17, 15) is 0 Å². The molecule has 0 saturated heterocycles. The second-order valence-electron chi connectivity index (χ2n) is 2.74. The Morgan fingerprint density at radius 3 is 3.00 bits per heavy atom. The molecule has 0 spiro atoms. The highest BCUT2D eigenvalue weighted by molar-refractivity contribution is 6.35. The van der Waals surface area contributed by atoms with Crippen LogP contribution in [0.3, 0.4) is 0 Å². The van der Waals surface area contributed by atoms with Crippen molar-refractivity contribution in [3.05, 3.63) is 23.2 Å². The van der Waals surface area contributed by atoms with Crippen LogP contribution in [0.15, 0.2) is 12.4 Å². The molecular formula is C8H8ClN3. The number of fused-ring (bicyclic) bond motifs is 1. The molecule has 0 bridgehead atoms. The highest BCUT2D eigenvalue weighted by Crippen LogP contribution is 2.22. The van der Waals surface area contributed by atoms with Crippen LogP contribution < -0.4 is 0 Å². The lowest BCUT2D eigenvalue weighted by molar-refractivity contribution is 0.932. The number of aromatic nitrogens is 3. The zero-order valence-electron chi connectivity index (χ0n) is 6.87. The Morgan fingerprint density at radius 1 is 1.50 bits per heavy atom. The van der Waals surface area contributed by atoms with Gasteiger partial charge in [0.25, 0.3) is 0 Å². The maximum Gasteiger partial charge on any atom is 0.144 e. The molecule has 2 heterocycles. The lowest BCUT2D eigenvalue weighted by atomic mass is 10.4. The highest BCUT2D eigenvalue weighted by Gasteiger charge is 2.05. The molecule has 3 nitrogen and oxygen atoms in total. The predicted octanol–water partition coefficient (Wildman–Crippen LogP) is 1.93. The minimum atomic E-state index is 0.701. The van der Waals surface area contributed by atoms with Crippen molar-refractivity contribution in [2.75, 3.05) is 0 Å². The van der Waals surface area contributed by atoms with Crippen molar-refractivity contribution < 1.29 is 0 Å². The van der Waals surface area contributed by atoms with Crippen molar-refractivity contribution in [1.82, 2.24) is 14.5 Å². The van der Waals surface area contributed by atoms with Gasteiger partial charge in [0.05, 0.1) is 10.4 Å². The summed E-state index contributed by atoms with van der Waals surface area (Å²) < 4.78 is 1.90. The van der Waals surface area contributed by atoms with Gasteiger partial charge in [-0.05, 0) is 6.92 Å². The van der Waals surface area contributed by atoms with E-state index in [2.05, 4.69) is 9.97 Å². The maximum atomic E-state index is 5.93. The predicted molar refractivity (Wildman–Crippen MR) is 48.3 cm³/mol. The molecule has 62 valence electrons. The molecule has 0 unspecified atom stereocenters. The lowest BCUT2D eigenvalue weighted by Crippen LogP contribution is -1.91. The molecule has 0 radical (unpaired) electrons. The summed E-state index contributed by atoms with van der Waals surface area (Å²) >= 11 is 5.93. The molecule has 0 fully saturated rings. The second-order valence-corrected chi connectivity index (χ2v) is 3.15. The van der Waals surface area contributed by atoms with Crippen LogP contribution in [0.2, 0.25) is 5.02 Å². The van der Waals surface area contributed by atoms with E-state index in [1.807, 2.05) is 24.7 Å². The standard InChI is InChI=1S/C8H8ClN3/c1-5-10-3-6-7(9)4-12(2)8(6)11-5/h3-4H,1-2H3. The molecule has 2 aromatic rings. The molecule has 0 aromatic carbocycles. The van der Waals surface area contributed by atoms with Crippen LogP contribution in [0.5, 0.6) is 0 Å². The minimum absolute atomic E-state index is 0.701. The maximum absolute atomic E-state index is 5.93. The van der Waals surface area contributed by atoms with E-state index in [0.29, 0.717) is 5.02 Å². The molecule has 0 amide bonds. The Bertz CT molecular complexity index is 433. The van der Waals surface area contributed by atoms with E-state index in [1.54, 1.807) is 6.20 Å². The van der Waals surface area contributed by atoms with Gasteiger partial charge in [0.2, 0.25) is 0 Å². The third kappa shape index (κ3) is 0.975. The van der Waals surface area contributed by atoms with Gasteiger partial charge in [0, 0.05) is 19.4 Å². The van der Waals surface area contributed by atoms with Crippen LogP contribution in [0, 0.1) is 6.92 Å². The van der Waals surface area contributed by atoms with Crippen molar-refractivity contribution in [1.29, 1.82) is 0 Å². The normalized spacial score (nSPS) is 10.9. The molecule has 0 saturated carbocycles. The summed E-state index contributed by atoms with van der Waals surface area (Å²) in [5, 5.41) is 1.61. The van der Waals surface area contributed by atoms with Crippen LogP contribution in [0.4, 0.5) is 0 Å². The van der Waals surface area contributed by atoms with Gasteiger partial charge in [-0.25, -0.2) is 9.97 Å². The Kier molecular flexibility index (Phi) is 1.54. The molecule has 2 rings (SSSR count). The highest BCUT2D eigenvalue weighted by atomic mass is 35.5. The average molecular weight is 182 g/mol. The molecule has 4 heteroatoms. The Balaban J connectivity index is 2.90. The zero-order valence-corrected chi connectivity index (χ0v) is 7.63. The summed E-state index contributed by atoms with van der Waals surface area (Å²) in [5.41, 5.74) is 0.882. The SMILES string of the molecule is Cc1ncc2c(Cl)cn(C)c2n1. The topological polar surface area (TPSA) is 30.7 Å². The fraction of sp³-hybridized carbons (Fsp3) is 0.250. The first-order valence-electron chi connectivity index (χ1n) is 3.62. The van der Waals surface area contributed by atoms with E-state index < -0.39 is 0 Å². The van der Waals surface area contributed by atoms with Crippen molar-refractivity contribution in [3.8, 4) is 0 Å². The zero-order chi connectivity index (χ0) is 8.72. The van der Waals surface area contributed by atoms with Crippen molar-refractivity contribution in [2.45, 2.75) is 6.92 Å². The van der Waals surface area contributed by atoms with Crippen molar-refractivity contribution >= 4 is 22.6 Å².